The molecule has 0 aliphatic carbocycles. The molecule has 1 fully saturated rings. The van der Waals surface area contributed by atoms with Crippen molar-refractivity contribution in [3.8, 4) is 5.75 Å². The van der Waals surface area contributed by atoms with Gasteiger partial charge in [0.05, 0.1) is 11.1 Å². The summed E-state index contributed by atoms with van der Waals surface area (Å²) in [5, 5.41) is 14.8. The van der Waals surface area contributed by atoms with Crippen LogP contribution in [0.5, 0.6) is 5.75 Å². The summed E-state index contributed by atoms with van der Waals surface area (Å²) in [7, 11) is 0. The molecule has 216 valence electrons. The highest BCUT2D eigenvalue weighted by Gasteiger charge is 2.43. The van der Waals surface area contributed by atoms with Crippen LogP contribution in [0.25, 0.3) is 0 Å². The fraction of sp³-hybridized carbons (Fsp3) is 0.433. The lowest BCUT2D eigenvalue weighted by atomic mass is 9.73. The summed E-state index contributed by atoms with van der Waals surface area (Å²) in [5.74, 6) is -0.226. The first-order valence-electron chi connectivity index (χ1n) is 14.1. The van der Waals surface area contributed by atoms with Gasteiger partial charge < -0.3 is 21.1 Å². The average Bonchev–Trinajstić information content (AvgIpc) is 3.42. The number of hydrogen-bond donors (Lipinski definition) is 3. The van der Waals surface area contributed by atoms with E-state index in [0.29, 0.717) is 64.2 Å². The highest BCUT2D eigenvalue weighted by atomic mass is 16.5. The van der Waals surface area contributed by atoms with E-state index in [2.05, 4.69) is 25.8 Å². The van der Waals surface area contributed by atoms with Crippen molar-refractivity contribution in [2.24, 2.45) is 11.1 Å². The fourth-order valence-electron chi connectivity index (χ4n) is 5.59. The molecule has 11 heteroatoms. The molecule has 3 aromatic rings. The van der Waals surface area contributed by atoms with Crippen molar-refractivity contribution in [1.82, 2.24) is 30.5 Å². The topological polar surface area (TPSA) is 144 Å². The van der Waals surface area contributed by atoms with Gasteiger partial charge in [0, 0.05) is 38.7 Å². The number of nitrogens with zero attached hydrogens (tertiary/aromatic N) is 4. The number of nitrogens with one attached hydrogen (secondary N) is 2. The minimum absolute atomic E-state index is 0.121. The fourth-order valence-corrected chi connectivity index (χ4v) is 5.59. The van der Waals surface area contributed by atoms with Gasteiger partial charge >= 0.3 is 0 Å². The summed E-state index contributed by atoms with van der Waals surface area (Å²) in [4.78, 5) is 40.7. The third-order valence-electron chi connectivity index (χ3n) is 7.85. The number of likely N-dealkylation sites (tertiary alicyclic amines) is 1. The Bertz CT molecular complexity index is 1350. The summed E-state index contributed by atoms with van der Waals surface area (Å²) in [5.41, 5.74) is 7.31. The van der Waals surface area contributed by atoms with Crippen molar-refractivity contribution < 1.29 is 19.1 Å². The Morgan fingerprint density at radius 2 is 1.83 bits per heavy atom. The number of rotatable bonds is 7. The molecule has 1 spiro atoms. The standard InChI is InChI=1S/C30H37N7O4/c31-27(38)21-41-25-9-4-8-23(16-25)19-36-14-10-30(11-15-36)18-24-20-37(35-34-24)13-5-12-32-28(39)26(33-29(30)40)17-22-6-2-1-3-7-22/h1-4,6-9,16,20,26H,5,10-15,17-19,21H2,(H2,31,38)(H,32,39)(H,33,40)/t26-/m0/s1. The predicted octanol–water partition coefficient (Wildman–Crippen LogP) is 1.21. The third-order valence-corrected chi connectivity index (χ3v) is 7.85. The van der Waals surface area contributed by atoms with E-state index in [-0.39, 0.29) is 18.4 Å². The lowest BCUT2D eigenvalue weighted by molar-refractivity contribution is -0.137. The number of carbonyl (C=O) groups is 3. The van der Waals surface area contributed by atoms with Crippen molar-refractivity contribution >= 4 is 17.7 Å². The van der Waals surface area contributed by atoms with Crippen LogP contribution in [0.3, 0.4) is 0 Å². The van der Waals surface area contributed by atoms with Crippen LogP contribution >= 0.6 is 0 Å². The van der Waals surface area contributed by atoms with Crippen molar-refractivity contribution in [3.05, 3.63) is 77.6 Å². The summed E-state index contributed by atoms with van der Waals surface area (Å²) in [6.07, 6.45) is 4.74. The lowest BCUT2D eigenvalue weighted by Gasteiger charge is -2.41. The highest BCUT2D eigenvalue weighted by Crippen LogP contribution is 2.36. The van der Waals surface area contributed by atoms with Crippen molar-refractivity contribution in [2.75, 3.05) is 26.2 Å². The molecular formula is C30H37N7O4. The van der Waals surface area contributed by atoms with E-state index in [4.69, 9.17) is 10.5 Å². The number of benzene rings is 2. The Kier molecular flexibility index (Phi) is 8.93. The maximum atomic E-state index is 14.1. The molecule has 0 saturated carbocycles. The van der Waals surface area contributed by atoms with Gasteiger partial charge in [-0.2, -0.15) is 0 Å². The molecule has 0 unspecified atom stereocenters. The van der Waals surface area contributed by atoms with E-state index >= 15 is 0 Å². The van der Waals surface area contributed by atoms with Crippen molar-refractivity contribution in [3.63, 3.8) is 0 Å². The van der Waals surface area contributed by atoms with Gasteiger partial charge in [-0.15, -0.1) is 5.10 Å². The van der Waals surface area contributed by atoms with Crippen LogP contribution in [0.15, 0.2) is 60.8 Å². The number of hydrogen-bond acceptors (Lipinski definition) is 7. The Morgan fingerprint density at radius 3 is 2.61 bits per heavy atom. The molecule has 11 nitrogen and oxygen atoms in total. The summed E-state index contributed by atoms with van der Waals surface area (Å²) < 4.78 is 7.24. The second kappa shape index (κ2) is 12.9. The van der Waals surface area contributed by atoms with Crippen LogP contribution in [-0.4, -0.2) is 69.9 Å². The molecule has 3 amide bonds. The Hall–Kier alpha value is -4.25. The van der Waals surface area contributed by atoms with E-state index in [1.807, 2.05) is 54.7 Å². The molecule has 2 aromatic carbocycles. The number of aromatic nitrogens is 3. The van der Waals surface area contributed by atoms with Crippen molar-refractivity contribution in [2.45, 2.75) is 51.2 Å². The van der Waals surface area contributed by atoms with E-state index in [0.717, 1.165) is 23.2 Å². The van der Waals surface area contributed by atoms with Crippen LogP contribution < -0.4 is 21.1 Å². The van der Waals surface area contributed by atoms with Crippen LogP contribution in [-0.2, 0) is 40.3 Å². The molecule has 1 atom stereocenters. The molecule has 2 aliphatic heterocycles. The number of piperidine rings is 1. The highest BCUT2D eigenvalue weighted by molar-refractivity contribution is 5.90. The van der Waals surface area contributed by atoms with Gasteiger partial charge in [-0.3, -0.25) is 24.0 Å². The largest absolute Gasteiger partial charge is 0.484 e. The van der Waals surface area contributed by atoms with E-state index in [9.17, 15) is 14.4 Å². The normalized spacial score (nSPS) is 19.8. The first-order valence-corrected chi connectivity index (χ1v) is 14.1. The molecule has 2 aliphatic rings. The average molecular weight is 560 g/mol. The quantitative estimate of drug-likeness (QED) is 0.395. The van der Waals surface area contributed by atoms with Crippen LogP contribution in [0.2, 0.25) is 0 Å². The molecule has 2 bridgehead atoms. The van der Waals surface area contributed by atoms with Gasteiger partial charge in [-0.1, -0.05) is 47.7 Å². The van der Waals surface area contributed by atoms with Crippen LogP contribution in [0, 0.1) is 5.41 Å². The summed E-state index contributed by atoms with van der Waals surface area (Å²) in [6.45, 7) is 3.04. The number of aryl methyl sites for hydroxylation is 1. The minimum Gasteiger partial charge on any atom is -0.484 e. The Labute approximate surface area is 239 Å². The number of fused-ring (bicyclic) bond motifs is 2. The molecule has 41 heavy (non-hydrogen) atoms. The SMILES string of the molecule is NC(=O)COc1cccc(CN2CCC3(CC2)Cc2cn(nn2)CCCNC(=O)[C@H](Cc2ccccc2)NC3=O)c1. The zero-order valence-electron chi connectivity index (χ0n) is 23.1. The van der Waals surface area contributed by atoms with Gasteiger partial charge in [0.1, 0.15) is 11.8 Å². The van der Waals surface area contributed by atoms with E-state index in [1.54, 1.807) is 10.7 Å². The molecule has 0 radical (unpaired) electrons. The number of ether oxygens (including phenoxy) is 1. The lowest BCUT2D eigenvalue weighted by Crippen LogP contribution is -2.56. The molecule has 1 aromatic heterocycles. The monoisotopic (exact) mass is 559 g/mol. The molecule has 5 rings (SSSR count). The maximum absolute atomic E-state index is 14.1. The Balaban J connectivity index is 1.32. The first-order chi connectivity index (χ1) is 19.9. The van der Waals surface area contributed by atoms with E-state index < -0.39 is 17.4 Å². The second-order valence-corrected chi connectivity index (χ2v) is 11.0. The van der Waals surface area contributed by atoms with Gasteiger partial charge in [0.2, 0.25) is 11.8 Å². The van der Waals surface area contributed by atoms with Gasteiger partial charge in [0.15, 0.2) is 6.61 Å². The summed E-state index contributed by atoms with van der Waals surface area (Å²) >= 11 is 0. The molecular weight excluding hydrogens is 522 g/mol. The number of carbonyl (C=O) groups excluding carboxylic acids is 3. The molecule has 4 N–H and O–H groups in total. The maximum Gasteiger partial charge on any atom is 0.255 e. The van der Waals surface area contributed by atoms with Crippen molar-refractivity contribution in [1.29, 1.82) is 0 Å². The predicted molar refractivity (Wildman–Crippen MR) is 152 cm³/mol. The first kappa shape index (κ1) is 28.3. The number of amides is 3. The third kappa shape index (κ3) is 7.49. The number of nitrogens with two attached hydrogens (primary N) is 1. The van der Waals surface area contributed by atoms with Gasteiger partial charge in [0.25, 0.3) is 5.91 Å². The zero-order valence-corrected chi connectivity index (χ0v) is 23.1. The second-order valence-electron chi connectivity index (χ2n) is 11.0. The number of primary amides is 1. The van der Waals surface area contributed by atoms with Crippen LogP contribution in [0.4, 0.5) is 0 Å². The Morgan fingerprint density at radius 1 is 1.05 bits per heavy atom. The van der Waals surface area contributed by atoms with E-state index in [1.165, 1.54) is 0 Å². The summed E-state index contributed by atoms with van der Waals surface area (Å²) in [6, 6.07) is 16.7. The zero-order chi connectivity index (χ0) is 28.7. The molecule has 1 saturated heterocycles. The van der Waals surface area contributed by atoms with Gasteiger partial charge in [-0.05, 0) is 55.6 Å². The smallest absolute Gasteiger partial charge is 0.255 e. The molecule has 3 heterocycles. The minimum atomic E-state index is -0.715. The van der Waals surface area contributed by atoms with Gasteiger partial charge in [-0.25, -0.2) is 0 Å². The van der Waals surface area contributed by atoms with Crippen LogP contribution in [0.1, 0.15) is 36.1 Å².